The number of hydrogen-bond acceptors (Lipinski definition) is 4. The fourth-order valence-electron chi connectivity index (χ4n) is 2.67. The van der Waals surface area contributed by atoms with Crippen LogP contribution in [0.1, 0.15) is 37.4 Å². The molecule has 0 saturated carbocycles. The molecule has 6 nitrogen and oxygen atoms in total. The molecule has 108 valence electrons. The Morgan fingerprint density at radius 2 is 2.26 bits per heavy atom. The molecule has 1 atom stereocenters. The molecule has 1 aliphatic rings. The predicted octanol–water partition coefficient (Wildman–Crippen LogP) is 0.988. The van der Waals surface area contributed by atoms with E-state index in [1.54, 1.807) is 11.2 Å². The molecule has 0 bridgehead atoms. The predicted molar refractivity (Wildman–Crippen MR) is 73.0 cm³/mol. The summed E-state index contributed by atoms with van der Waals surface area (Å²) >= 11 is 0. The Labute approximate surface area is 114 Å². The first-order valence-electron chi connectivity index (χ1n) is 6.74. The van der Waals surface area contributed by atoms with Crippen LogP contribution in [0.4, 0.5) is 0 Å². The number of nitrogens with two attached hydrogens (primary N) is 1. The average Bonchev–Trinajstić information content (AvgIpc) is 2.96. The summed E-state index contributed by atoms with van der Waals surface area (Å²) in [4.78, 5) is 0. The van der Waals surface area contributed by atoms with Crippen LogP contribution in [0.2, 0.25) is 0 Å². The second-order valence-electron chi connectivity index (χ2n) is 5.14. The van der Waals surface area contributed by atoms with Crippen LogP contribution in [-0.2, 0) is 16.6 Å². The summed E-state index contributed by atoms with van der Waals surface area (Å²) in [6, 6.07) is 0. The van der Waals surface area contributed by atoms with E-state index in [-0.39, 0.29) is 11.6 Å². The number of aromatic nitrogens is 2. The Morgan fingerprint density at radius 1 is 1.53 bits per heavy atom. The van der Waals surface area contributed by atoms with E-state index in [9.17, 15) is 8.42 Å². The molecule has 1 saturated heterocycles. The lowest BCUT2D eigenvalue weighted by molar-refractivity contribution is 0.442. The minimum absolute atomic E-state index is 0.102. The second-order valence-corrected chi connectivity index (χ2v) is 7.00. The largest absolute Gasteiger partial charge is 0.326 e. The molecule has 7 heteroatoms. The maximum absolute atomic E-state index is 12.6. The summed E-state index contributed by atoms with van der Waals surface area (Å²) in [6.07, 6.45) is 3.11. The van der Waals surface area contributed by atoms with Crippen molar-refractivity contribution >= 4 is 10.0 Å². The van der Waals surface area contributed by atoms with E-state index in [1.165, 1.54) is 0 Å². The summed E-state index contributed by atoms with van der Waals surface area (Å²) in [7, 11) is -3.50. The highest BCUT2D eigenvalue weighted by Crippen LogP contribution is 2.28. The van der Waals surface area contributed by atoms with Gasteiger partial charge in [-0.2, -0.15) is 9.40 Å². The average molecular weight is 286 g/mol. The van der Waals surface area contributed by atoms with Gasteiger partial charge in [-0.1, -0.05) is 13.3 Å². The topological polar surface area (TPSA) is 92.1 Å². The van der Waals surface area contributed by atoms with Gasteiger partial charge < -0.3 is 5.73 Å². The molecule has 2 rings (SSSR count). The van der Waals surface area contributed by atoms with E-state index in [2.05, 4.69) is 17.1 Å². The molecule has 1 unspecified atom stereocenters. The molecular weight excluding hydrogens is 264 g/mol. The monoisotopic (exact) mass is 286 g/mol. The molecule has 0 aliphatic carbocycles. The van der Waals surface area contributed by atoms with Crippen LogP contribution in [0.15, 0.2) is 5.03 Å². The van der Waals surface area contributed by atoms with Crippen LogP contribution in [-0.4, -0.2) is 36.0 Å². The number of H-pyrrole nitrogens is 1. The van der Waals surface area contributed by atoms with E-state index in [0.29, 0.717) is 24.6 Å². The summed E-state index contributed by atoms with van der Waals surface area (Å²) in [5.74, 6) is 0.473. The van der Waals surface area contributed by atoms with E-state index in [1.807, 2.05) is 0 Å². The lowest BCUT2D eigenvalue weighted by Gasteiger charge is -2.15. The highest BCUT2D eigenvalue weighted by Gasteiger charge is 2.35. The van der Waals surface area contributed by atoms with Gasteiger partial charge in [0.2, 0.25) is 0 Å². The van der Waals surface area contributed by atoms with Gasteiger partial charge in [0.05, 0.1) is 0 Å². The first-order valence-corrected chi connectivity index (χ1v) is 8.18. The van der Waals surface area contributed by atoms with Crippen molar-refractivity contribution in [1.82, 2.24) is 14.5 Å². The van der Waals surface area contributed by atoms with Crippen molar-refractivity contribution in [2.45, 2.75) is 44.7 Å². The normalized spacial score (nSPS) is 21.1. The van der Waals surface area contributed by atoms with Crippen molar-refractivity contribution in [1.29, 1.82) is 0 Å². The van der Waals surface area contributed by atoms with Crippen LogP contribution < -0.4 is 5.73 Å². The molecular formula is C12H22N4O2S. The van der Waals surface area contributed by atoms with Crippen molar-refractivity contribution in [2.24, 2.45) is 11.7 Å². The lowest BCUT2D eigenvalue weighted by atomic mass is 10.0. The third kappa shape index (κ3) is 2.68. The Bertz CT molecular complexity index is 538. The van der Waals surface area contributed by atoms with Gasteiger partial charge >= 0.3 is 0 Å². The smallest absolute Gasteiger partial charge is 0.262 e. The van der Waals surface area contributed by atoms with Gasteiger partial charge in [0, 0.05) is 30.9 Å². The van der Waals surface area contributed by atoms with Crippen LogP contribution in [0.5, 0.6) is 0 Å². The molecule has 3 N–H and O–H groups in total. The summed E-state index contributed by atoms with van der Waals surface area (Å²) in [5.41, 5.74) is 6.95. The quantitative estimate of drug-likeness (QED) is 0.844. The molecule has 0 aromatic carbocycles. The highest BCUT2D eigenvalue weighted by atomic mass is 32.2. The number of nitrogens with one attached hydrogen (secondary N) is 1. The first kappa shape index (κ1) is 14.5. The van der Waals surface area contributed by atoms with Crippen molar-refractivity contribution in [2.75, 3.05) is 13.1 Å². The summed E-state index contributed by atoms with van der Waals surface area (Å²) in [6.45, 7) is 5.29. The van der Waals surface area contributed by atoms with Crippen LogP contribution in [0.25, 0.3) is 0 Å². The fraction of sp³-hybridized carbons (Fsp3) is 0.750. The van der Waals surface area contributed by atoms with E-state index >= 15 is 0 Å². The van der Waals surface area contributed by atoms with Crippen LogP contribution in [0, 0.1) is 12.8 Å². The maximum Gasteiger partial charge on any atom is 0.262 e. The van der Waals surface area contributed by atoms with Gasteiger partial charge in [0.1, 0.15) is 0 Å². The standard InChI is InChI=1S/C12H22N4O2S/c1-3-4-10-5-6-16(8-10)19(17,18)12-11(7-13)9(2)14-15-12/h10H,3-8,13H2,1-2H3,(H,14,15). The van der Waals surface area contributed by atoms with Crippen molar-refractivity contribution in [3.8, 4) is 0 Å². The van der Waals surface area contributed by atoms with E-state index in [4.69, 9.17) is 5.73 Å². The maximum atomic E-state index is 12.6. The highest BCUT2D eigenvalue weighted by molar-refractivity contribution is 7.89. The zero-order chi connectivity index (χ0) is 14.0. The van der Waals surface area contributed by atoms with Gasteiger partial charge in [0.15, 0.2) is 5.03 Å². The van der Waals surface area contributed by atoms with E-state index in [0.717, 1.165) is 25.0 Å². The number of aryl methyl sites for hydroxylation is 1. The number of hydrogen-bond donors (Lipinski definition) is 2. The number of aromatic amines is 1. The zero-order valence-corrected chi connectivity index (χ0v) is 12.3. The Hall–Kier alpha value is -0.920. The van der Waals surface area contributed by atoms with Gasteiger partial charge in [0.25, 0.3) is 10.0 Å². The molecule has 1 aromatic heterocycles. The molecule has 19 heavy (non-hydrogen) atoms. The van der Waals surface area contributed by atoms with Crippen molar-refractivity contribution in [3.63, 3.8) is 0 Å². The third-order valence-electron chi connectivity index (χ3n) is 3.77. The minimum atomic E-state index is -3.50. The summed E-state index contributed by atoms with van der Waals surface area (Å²) < 4.78 is 26.7. The third-order valence-corrected chi connectivity index (χ3v) is 5.61. The SMILES string of the molecule is CCCC1CCN(S(=O)(=O)c2n[nH]c(C)c2CN)C1. The molecule has 1 aliphatic heterocycles. The van der Waals surface area contributed by atoms with Gasteiger partial charge in [-0.25, -0.2) is 8.42 Å². The minimum Gasteiger partial charge on any atom is -0.326 e. The fourth-order valence-corrected chi connectivity index (χ4v) is 4.37. The van der Waals surface area contributed by atoms with Crippen LogP contribution in [0.3, 0.4) is 0 Å². The molecule has 0 amide bonds. The molecule has 0 radical (unpaired) electrons. The summed E-state index contributed by atoms with van der Waals surface area (Å²) in [5, 5.41) is 6.76. The van der Waals surface area contributed by atoms with E-state index < -0.39 is 10.0 Å². The zero-order valence-electron chi connectivity index (χ0n) is 11.5. The molecule has 0 spiro atoms. The van der Waals surface area contributed by atoms with Crippen molar-refractivity contribution < 1.29 is 8.42 Å². The second kappa shape index (κ2) is 5.60. The number of sulfonamides is 1. The van der Waals surface area contributed by atoms with Gasteiger partial charge in [-0.15, -0.1) is 0 Å². The lowest BCUT2D eigenvalue weighted by Crippen LogP contribution is -2.30. The Balaban J connectivity index is 2.23. The van der Waals surface area contributed by atoms with Gasteiger partial charge in [-0.05, 0) is 25.7 Å². The molecule has 1 aromatic rings. The Kier molecular flexibility index (Phi) is 4.27. The Morgan fingerprint density at radius 3 is 2.89 bits per heavy atom. The molecule has 2 heterocycles. The number of rotatable bonds is 5. The van der Waals surface area contributed by atoms with Gasteiger partial charge in [-0.3, -0.25) is 5.10 Å². The molecule has 1 fully saturated rings. The van der Waals surface area contributed by atoms with Crippen molar-refractivity contribution in [3.05, 3.63) is 11.3 Å². The van der Waals surface area contributed by atoms with Crippen LogP contribution >= 0.6 is 0 Å². The number of nitrogens with zero attached hydrogens (tertiary/aromatic N) is 2. The first-order chi connectivity index (χ1) is 9.00.